The van der Waals surface area contributed by atoms with Crippen molar-refractivity contribution >= 4 is 23.8 Å². The number of rotatable bonds is 5. The number of carbonyl (C=O) groups is 1. The molecular weight excluding hydrogens is 328 g/mol. The fourth-order valence-electron chi connectivity index (χ4n) is 2.95. The Balaban J connectivity index is 2.12. The van der Waals surface area contributed by atoms with Gasteiger partial charge in [0.25, 0.3) is 0 Å². The van der Waals surface area contributed by atoms with Crippen molar-refractivity contribution in [2.75, 3.05) is 12.4 Å². The highest BCUT2D eigenvalue weighted by molar-refractivity contribution is 8.03. The molecule has 25 heavy (non-hydrogen) atoms. The van der Waals surface area contributed by atoms with Gasteiger partial charge in [0.15, 0.2) is 0 Å². The lowest BCUT2D eigenvalue weighted by atomic mass is 9.80. The second-order valence-corrected chi connectivity index (χ2v) is 8.33. The van der Waals surface area contributed by atoms with E-state index >= 15 is 0 Å². The summed E-state index contributed by atoms with van der Waals surface area (Å²) in [6.45, 7) is 11.2. The molecule has 0 saturated carbocycles. The summed E-state index contributed by atoms with van der Waals surface area (Å²) in [6, 6.07) is 7.53. The molecule has 3 heteroatoms. The zero-order chi connectivity index (χ0) is 18.4. The van der Waals surface area contributed by atoms with Crippen molar-refractivity contribution in [1.82, 2.24) is 0 Å². The molecule has 0 bridgehead atoms. The third-order valence-electron chi connectivity index (χ3n) is 4.48. The lowest BCUT2D eigenvalue weighted by molar-refractivity contribution is 0.0526. The molecule has 0 N–H and O–H groups in total. The Kier molecular flexibility index (Phi) is 6.71. The molecule has 0 spiro atoms. The highest BCUT2D eigenvalue weighted by Crippen LogP contribution is 2.42. The van der Waals surface area contributed by atoms with Crippen LogP contribution in [-0.4, -0.2) is 18.3 Å². The Morgan fingerprint density at radius 2 is 1.96 bits per heavy atom. The van der Waals surface area contributed by atoms with E-state index in [0.717, 1.165) is 5.56 Å². The average Bonchev–Trinajstić information content (AvgIpc) is 2.54. The molecule has 1 aliphatic heterocycles. The van der Waals surface area contributed by atoms with Crippen LogP contribution in [0.15, 0.2) is 52.5 Å². The Hall–Kier alpha value is -1.74. The largest absolute Gasteiger partial charge is 0.462 e. The topological polar surface area (TPSA) is 26.3 Å². The smallest absolute Gasteiger partial charge is 0.338 e. The standard InChI is InChI=1S/C22H28O2S/c1-6-24-21(23)19-10-8-18(9-11-19)15-16(2)7-12-20-17(3)25-14-13-22(20,4)5/h7-12,15H,6,13-14H2,1-5H3/b12-7+,16-15+. The minimum absolute atomic E-state index is 0.243. The number of hydrogen-bond acceptors (Lipinski definition) is 3. The second kappa shape index (κ2) is 8.57. The zero-order valence-corrected chi connectivity index (χ0v) is 16.7. The monoisotopic (exact) mass is 356 g/mol. The maximum atomic E-state index is 11.7. The minimum atomic E-state index is -0.269. The van der Waals surface area contributed by atoms with Crippen LogP contribution in [0.1, 0.15) is 57.0 Å². The van der Waals surface area contributed by atoms with E-state index in [9.17, 15) is 4.79 Å². The molecule has 0 aromatic heterocycles. The summed E-state index contributed by atoms with van der Waals surface area (Å²) < 4.78 is 5.01. The Morgan fingerprint density at radius 3 is 2.56 bits per heavy atom. The van der Waals surface area contributed by atoms with Gasteiger partial charge in [-0.05, 0) is 66.5 Å². The predicted molar refractivity (Wildman–Crippen MR) is 109 cm³/mol. The summed E-state index contributed by atoms with van der Waals surface area (Å²) in [5, 5.41) is 0. The molecule has 0 saturated heterocycles. The average molecular weight is 357 g/mol. The van der Waals surface area contributed by atoms with E-state index in [1.54, 1.807) is 0 Å². The van der Waals surface area contributed by atoms with Crippen LogP contribution in [0.3, 0.4) is 0 Å². The van der Waals surface area contributed by atoms with Crippen LogP contribution in [0.25, 0.3) is 6.08 Å². The van der Waals surface area contributed by atoms with Gasteiger partial charge in [-0.2, -0.15) is 0 Å². The molecule has 1 aromatic carbocycles. The van der Waals surface area contributed by atoms with Gasteiger partial charge in [0.2, 0.25) is 0 Å². The maximum Gasteiger partial charge on any atom is 0.338 e. The molecule has 2 rings (SSSR count). The van der Waals surface area contributed by atoms with Gasteiger partial charge in [-0.25, -0.2) is 4.79 Å². The molecule has 0 unspecified atom stereocenters. The summed E-state index contributed by atoms with van der Waals surface area (Å²) in [6.07, 6.45) is 7.79. The van der Waals surface area contributed by atoms with Crippen molar-refractivity contribution in [3.05, 3.63) is 63.6 Å². The lowest BCUT2D eigenvalue weighted by Crippen LogP contribution is -2.19. The first-order chi connectivity index (χ1) is 11.8. The molecule has 0 fully saturated rings. The van der Waals surface area contributed by atoms with Crippen LogP contribution < -0.4 is 0 Å². The van der Waals surface area contributed by atoms with Crippen molar-refractivity contribution in [2.45, 2.75) is 41.0 Å². The van der Waals surface area contributed by atoms with Gasteiger partial charge >= 0.3 is 5.97 Å². The third kappa shape index (κ3) is 5.37. The normalized spacial score (nSPS) is 17.9. The number of carbonyl (C=O) groups excluding carboxylic acids is 1. The maximum absolute atomic E-state index is 11.7. The summed E-state index contributed by atoms with van der Waals surface area (Å²) in [4.78, 5) is 13.1. The summed E-state index contributed by atoms with van der Waals surface area (Å²) in [7, 11) is 0. The quantitative estimate of drug-likeness (QED) is 0.460. The summed E-state index contributed by atoms with van der Waals surface area (Å²) in [5.74, 6) is 0.937. The van der Waals surface area contributed by atoms with Crippen LogP contribution in [0.4, 0.5) is 0 Å². The van der Waals surface area contributed by atoms with Crippen LogP contribution in [0, 0.1) is 5.41 Å². The van der Waals surface area contributed by atoms with E-state index < -0.39 is 0 Å². The number of benzene rings is 1. The van der Waals surface area contributed by atoms with Crippen LogP contribution >= 0.6 is 11.8 Å². The first kappa shape index (κ1) is 19.6. The molecule has 134 valence electrons. The first-order valence-corrected chi connectivity index (χ1v) is 9.80. The lowest BCUT2D eigenvalue weighted by Gasteiger charge is -2.32. The SMILES string of the molecule is CCOC(=O)c1ccc(/C=C(C)/C=C/C2=C(C)SCCC2(C)C)cc1. The van der Waals surface area contributed by atoms with E-state index in [1.165, 1.54) is 28.2 Å². The number of ether oxygens (including phenoxy) is 1. The molecule has 0 amide bonds. The minimum Gasteiger partial charge on any atom is -0.462 e. The van der Waals surface area contributed by atoms with Crippen molar-refractivity contribution in [2.24, 2.45) is 5.41 Å². The van der Waals surface area contributed by atoms with Gasteiger partial charge in [0.1, 0.15) is 0 Å². The van der Waals surface area contributed by atoms with Crippen LogP contribution in [0.2, 0.25) is 0 Å². The fraction of sp³-hybridized carbons (Fsp3) is 0.409. The highest BCUT2D eigenvalue weighted by atomic mass is 32.2. The second-order valence-electron chi connectivity index (χ2n) is 7.02. The van der Waals surface area contributed by atoms with Gasteiger partial charge in [0, 0.05) is 0 Å². The fourth-order valence-corrected chi connectivity index (χ4v) is 4.37. The summed E-state index contributed by atoms with van der Waals surface area (Å²) in [5.41, 5.74) is 4.55. The van der Waals surface area contributed by atoms with Crippen molar-refractivity contribution in [3.63, 3.8) is 0 Å². The molecular formula is C22H28O2S. The van der Waals surface area contributed by atoms with Gasteiger partial charge in [-0.15, -0.1) is 11.8 Å². The molecule has 0 radical (unpaired) electrons. The van der Waals surface area contributed by atoms with E-state index in [0.29, 0.717) is 12.2 Å². The Bertz CT molecular complexity index is 706. The molecule has 1 heterocycles. The molecule has 1 aromatic rings. The van der Waals surface area contributed by atoms with E-state index in [2.05, 4.69) is 45.9 Å². The number of thioether (sulfide) groups is 1. The number of esters is 1. The predicted octanol–water partition coefficient (Wildman–Crippen LogP) is 6.26. The number of hydrogen-bond donors (Lipinski definition) is 0. The van der Waals surface area contributed by atoms with E-state index in [1.807, 2.05) is 43.0 Å². The van der Waals surface area contributed by atoms with E-state index in [4.69, 9.17) is 4.74 Å². The third-order valence-corrected chi connectivity index (χ3v) is 5.54. The Labute approximate surface area is 156 Å². The van der Waals surface area contributed by atoms with Crippen molar-refractivity contribution in [3.8, 4) is 0 Å². The molecule has 1 aliphatic rings. The van der Waals surface area contributed by atoms with Crippen LogP contribution in [-0.2, 0) is 4.74 Å². The van der Waals surface area contributed by atoms with Gasteiger partial charge in [0.05, 0.1) is 12.2 Å². The van der Waals surface area contributed by atoms with Crippen molar-refractivity contribution < 1.29 is 9.53 Å². The highest BCUT2D eigenvalue weighted by Gasteiger charge is 2.26. The molecule has 0 aliphatic carbocycles. The van der Waals surface area contributed by atoms with Gasteiger partial charge in [-0.1, -0.05) is 49.8 Å². The molecule has 2 nitrogen and oxygen atoms in total. The van der Waals surface area contributed by atoms with Crippen LogP contribution in [0.5, 0.6) is 0 Å². The number of allylic oxidation sites excluding steroid dienone is 5. The zero-order valence-electron chi connectivity index (χ0n) is 15.9. The van der Waals surface area contributed by atoms with E-state index in [-0.39, 0.29) is 11.4 Å². The van der Waals surface area contributed by atoms with Gasteiger partial charge in [-0.3, -0.25) is 0 Å². The molecule has 0 atom stereocenters. The Morgan fingerprint density at radius 1 is 1.28 bits per heavy atom. The first-order valence-electron chi connectivity index (χ1n) is 8.81. The van der Waals surface area contributed by atoms with Gasteiger partial charge < -0.3 is 4.74 Å². The summed E-state index contributed by atoms with van der Waals surface area (Å²) >= 11 is 1.96. The van der Waals surface area contributed by atoms with Crippen molar-refractivity contribution in [1.29, 1.82) is 0 Å².